The summed E-state index contributed by atoms with van der Waals surface area (Å²) in [6.07, 6.45) is -5.14. The average molecular weight is 631 g/mol. The number of esters is 4. The van der Waals surface area contributed by atoms with Gasteiger partial charge in [0.25, 0.3) is 8.32 Å². The molecule has 0 saturated carbocycles. The summed E-state index contributed by atoms with van der Waals surface area (Å²) in [4.78, 5) is 60.1. The van der Waals surface area contributed by atoms with Crippen LogP contribution in [0.4, 0.5) is 0 Å². The molecule has 0 aliphatic carbocycles. The molecule has 1 heterocycles. The van der Waals surface area contributed by atoms with E-state index in [1.807, 2.05) is 74.5 Å². The third-order valence-corrected chi connectivity index (χ3v) is 12.1. The monoisotopic (exact) mass is 630 g/mol. The van der Waals surface area contributed by atoms with Crippen molar-refractivity contribution < 1.29 is 52.4 Å². The second kappa shape index (κ2) is 15.4. The van der Waals surface area contributed by atoms with Crippen molar-refractivity contribution in [3.05, 3.63) is 60.7 Å². The zero-order valence-corrected chi connectivity index (χ0v) is 27.0. The Bertz CT molecular complexity index is 1230. The van der Waals surface area contributed by atoms with E-state index in [9.17, 15) is 24.0 Å². The largest absolute Gasteiger partial charge is 0.463 e. The van der Waals surface area contributed by atoms with Gasteiger partial charge in [-0.15, -0.1) is 0 Å². The normalized spacial score (nSPS) is 22.0. The summed E-state index contributed by atoms with van der Waals surface area (Å²) in [5.74, 6) is -2.73. The van der Waals surface area contributed by atoms with Crippen LogP contribution in [0.1, 0.15) is 54.4 Å². The number of hydrogen-bond donors (Lipinski definition) is 1. The van der Waals surface area contributed by atoms with Gasteiger partial charge >= 0.3 is 23.9 Å². The standard InChI is InChI=1S/C32H42O11Si/c1-21(33)39-20-27-28(40-22(2)34)29(41-23(3)35)30(42-24(4)36)31(43-27)38-19-13-18-32(5,6)44(37,25-14-9-7-10-15-25)26-16-11-8-12-17-26/h7-12,14-17,27-31,37H,13,18-20H2,1-6H3/t27?,28-,29?,30+,31-/m1/s1. The molecule has 1 N–H and O–H groups in total. The maximum Gasteiger partial charge on any atom is 0.303 e. The molecule has 1 aliphatic heterocycles. The van der Waals surface area contributed by atoms with Crippen molar-refractivity contribution in [2.45, 2.75) is 90.1 Å². The predicted octanol–water partition coefficient (Wildman–Crippen LogP) is 2.40. The van der Waals surface area contributed by atoms with E-state index in [1.165, 1.54) is 13.8 Å². The molecule has 0 amide bonds. The molecule has 5 atom stereocenters. The van der Waals surface area contributed by atoms with E-state index < -0.39 is 67.9 Å². The first-order valence-electron chi connectivity index (χ1n) is 14.5. The van der Waals surface area contributed by atoms with E-state index in [0.717, 1.165) is 24.2 Å². The van der Waals surface area contributed by atoms with Gasteiger partial charge in [0.15, 0.2) is 24.6 Å². The van der Waals surface area contributed by atoms with Crippen LogP contribution in [0.25, 0.3) is 0 Å². The van der Waals surface area contributed by atoms with Gasteiger partial charge in [0.05, 0.1) is 0 Å². The molecule has 12 heteroatoms. The van der Waals surface area contributed by atoms with E-state index in [4.69, 9.17) is 28.4 Å². The van der Waals surface area contributed by atoms with Crippen molar-refractivity contribution in [1.82, 2.24) is 0 Å². The van der Waals surface area contributed by atoms with Crippen LogP contribution in [0.3, 0.4) is 0 Å². The number of carbonyl (C=O) groups is 4. The smallest absolute Gasteiger partial charge is 0.303 e. The highest BCUT2D eigenvalue weighted by molar-refractivity contribution is 6.98. The quantitative estimate of drug-likeness (QED) is 0.151. The Morgan fingerprint density at radius 3 is 1.70 bits per heavy atom. The van der Waals surface area contributed by atoms with Crippen LogP contribution < -0.4 is 10.4 Å². The van der Waals surface area contributed by atoms with E-state index in [2.05, 4.69) is 0 Å². The Kier molecular flexibility index (Phi) is 12.2. The van der Waals surface area contributed by atoms with Gasteiger partial charge in [0, 0.05) is 34.3 Å². The van der Waals surface area contributed by atoms with Gasteiger partial charge in [-0.1, -0.05) is 74.5 Å². The molecule has 0 radical (unpaired) electrons. The van der Waals surface area contributed by atoms with E-state index >= 15 is 0 Å². The first kappa shape index (κ1) is 34.9. The minimum absolute atomic E-state index is 0.116. The van der Waals surface area contributed by atoms with E-state index in [1.54, 1.807) is 0 Å². The number of ether oxygens (including phenoxy) is 6. The number of carbonyl (C=O) groups excluding carboxylic acids is 4. The van der Waals surface area contributed by atoms with Crippen LogP contribution >= 0.6 is 0 Å². The van der Waals surface area contributed by atoms with Crippen molar-refractivity contribution >= 4 is 42.6 Å². The fourth-order valence-electron chi connectivity index (χ4n) is 5.52. The first-order chi connectivity index (χ1) is 20.8. The van der Waals surface area contributed by atoms with Crippen molar-refractivity contribution in [3.8, 4) is 0 Å². The fourth-order valence-corrected chi connectivity index (χ4v) is 9.31. The third-order valence-electron chi connectivity index (χ3n) is 7.54. The summed E-state index contributed by atoms with van der Waals surface area (Å²) in [6.45, 7) is 8.56. The number of benzene rings is 2. The second-order valence-corrected chi connectivity index (χ2v) is 15.3. The summed E-state index contributed by atoms with van der Waals surface area (Å²) in [6, 6.07) is 19.3. The Balaban J connectivity index is 1.84. The fraction of sp³-hybridized carbons (Fsp3) is 0.500. The average Bonchev–Trinajstić information content (AvgIpc) is 2.96. The van der Waals surface area contributed by atoms with E-state index in [-0.39, 0.29) is 13.2 Å². The Hall–Kier alpha value is -3.58. The number of rotatable bonds is 13. The van der Waals surface area contributed by atoms with Crippen LogP contribution in [0.15, 0.2) is 60.7 Å². The highest BCUT2D eigenvalue weighted by atomic mass is 28.4. The molecule has 0 spiro atoms. The van der Waals surface area contributed by atoms with E-state index in [0.29, 0.717) is 12.8 Å². The van der Waals surface area contributed by atoms with Gasteiger partial charge in [-0.3, -0.25) is 19.2 Å². The second-order valence-electron chi connectivity index (χ2n) is 11.4. The lowest BCUT2D eigenvalue weighted by Crippen LogP contribution is -2.65. The minimum Gasteiger partial charge on any atom is -0.463 e. The molecule has 1 aliphatic rings. The molecule has 3 rings (SSSR count). The summed E-state index contributed by atoms with van der Waals surface area (Å²) in [7, 11) is -3.25. The Morgan fingerprint density at radius 2 is 1.23 bits per heavy atom. The maximum atomic E-state index is 12.4. The molecular formula is C32H42O11Si. The highest BCUT2D eigenvalue weighted by Gasteiger charge is 2.53. The summed E-state index contributed by atoms with van der Waals surface area (Å²) < 4.78 is 33.6. The van der Waals surface area contributed by atoms with Gasteiger partial charge < -0.3 is 33.2 Å². The third kappa shape index (κ3) is 8.75. The molecule has 2 aromatic rings. The topological polar surface area (TPSA) is 144 Å². The molecule has 240 valence electrons. The lowest BCUT2D eigenvalue weighted by Gasteiger charge is -2.44. The van der Waals surface area contributed by atoms with Gasteiger partial charge in [0.2, 0.25) is 0 Å². The summed E-state index contributed by atoms with van der Waals surface area (Å²) >= 11 is 0. The molecule has 1 saturated heterocycles. The van der Waals surface area contributed by atoms with Crippen molar-refractivity contribution in [1.29, 1.82) is 0 Å². The first-order valence-corrected chi connectivity index (χ1v) is 16.5. The maximum absolute atomic E-state index is 12.4. The van der Waals surface area contributed by atoms with Crippen LogP contribution in [0, 0.1) is 0 Å². The number of hydrogen-bond acceptors (Lipinski definition) is 11. The molecule has 0 aromatic heterocycles. The van der Waals surface area contributed by atoms with Crippen LogP contribution in [0.2, 0.25) is 5.04 Å². The molecule has 1 fully saturated rings. The molecule has 44 heavy (non-hydrogen) atoms. The van der Waals surface area contributed by atoms with Gasteiger partial charge in [-0.05, 0) is 28.3 Å². The molecule has 2 unspecified atom stereocenters. The van der Waals surface area contributed by atoms with Crippen LogP contribution in [0.5, 0.6) is 0 Å². The van der Waals surface area contributed by atoms with Gasteiger partial charge in [0.1, 0.15) is 12.7 Å². The molecular weight excluding hydrogens is 588 g/mol. The van der Waals surface area contributed by atoms with Crippen LogP contribution in [-0.4, -0.2) is 80.9 Å². The summed E-state index contributed by atoms with van der Waals surface area (Å²) in [5.41, 5.74) is 0. The zero-order valence-electron chi connectivity index (χ0n) is 26.0. The zero-order chi connectivity index (χ0) is 32.5. The Morgan fingerprint density at radius 1 is 0.750 bits per heavy atom. The summed E-state index contributed by atoms with van der Waals surface area (Å²) in [5, 5.41) is 1.23. The molecule has 11 nitrogen and oxygen atoms in total. The SMILES string of the molecule is CC(=O)OCC1O[C@@H](OCCCC(C)(C)[Si](O)(c2ccccc2)c2ccccc2)[C@@H](OC(C)=O)C(OC(C)=O)[C@@H]1OC(C)=O. The van der Waals surface area contributed by atoms with Crippen molar-refractivity contribution in [2.75, 3.05) is 13.2 Å². The predicted molar refractivity (Wildman–Crippen MR) is 161 cm³/mol. The van der Waals surface area contributed by atoms with Gasteiger partial charge in [-0.25, -0.2) is 0 Å². The highest BCUT2D eigenvalue weighted by Crippen LogP contribution is 2.40. The lowest BCUT2D eigenvalue weighted by atomic mass is 9.98. The van der Waals surface area contributed by atoms with Crippen molar-refractivity contribution in [3.63, 3.8) is 0 Å². The molecule has 0 bridgehead atoms. The lowest BCUT2D eigenvalue weighted by molar-refractivity contribution is -0.308. The van der Waals surface area contributed by atoms with Crippen LogP contribution in [-0.2, 0) is 47.6 Å². The van der Waals surface area contributed by atoms with Gasteiger partial charge in [-0.2, -0.15) is 0 Å². The van der Waals surface area contributed by atoms with Crippen molar-refractivity contribution in [2.24, 2.45) is 0 Å². The minimum atomic E-state index is -3.25. The molecule has 2 aromatic carbocycles. The Labute approximate surface area is 258 Å².